The normalized spacial score (nSPS) is 24.2. The lowest BCUT2D eigenvalue weighted by atomic mass is 9.93. The Bertz CT molecular complexity index is 732. The second-order valence-electron chi connectivity index (χ2n) is 8.28. The number of piperidine rings is 1. The maximum Gasteiger partial charge on any atom is 0.254 e. The average molecular weight is 409 g/mol. The minimum absolute atomic E-state index is 0.00650. The van der Waals surface area contributed by atoms with Crippen molar-refractivity contribution in [2.24, 2.45) is 0 Å². The largest absolute Gasteiger partial charge is 0.388 e. The molecule has 2 fully saturated rings. The predicted molar refractivity (Wildman–Crippen MR) is 104 cm³/mol. The van der Waals surface area contributed by atoms with Crippen LogP contribution in [0.15, 0.2) is 18.2 Å². The molecule has 6 nitrogen and oxygen atoms in total. The van der Waals surface area contributed by atoms with Gasteiger partial charge in [0.05, 0.1) is 5.60 Å². The monoisotopic (exact) mass is 409 g/mol. The number of β-amino-alcohol motifs (C(OH)–C–C–N with tert-alkyl or cyclic N) is 1. The maximum absolute atomic E-state index is 13.4. The molecule has 2 aliphatic heterocycles. The van der Waals surface area contributed by atoms with Crippen molar-refractivity contribution < 1.29 is 23.5 Å². The van der Waals surface area contributed by atoms with Crippen LogP contribution in [0.25, 0.3) is 0 Å². The number of rotatable bonds is 4. The Morgan fingerprint density at radius 3 is 2.38 bits per heavy atom. The lowest BCUT2D eigenvalue weighted by Crippen LogP contribution is -2.50. The Morgan fingerprint density at radius 1 is 1.10 bits per heavy atom. The van der Waals surface area contributed by atoms with E-state index in [1.165, 1.54) is 6.92 Å². The van der Waals surface area contributed by atoms with Gasteiger partial charge < -0.3 is 20.2 Å². The zero-order chi connectivity index (χ0) is 21.0. The number of hydrogen-bond donors (Lipinski definition) is 2. The number of nitrogens with zero attached hydrogens (tertiary/aromatic N) is 2. The van der Waals surface area contributed by atoms with Crippen LogP contribution in [-0.4, -0.2) is 71.1 Å². The molecule has 1 atom stereocenters. The first-order valence-electron chi connectivity index (χ1n) is 10.2. The Hall–Kier alpha value is -2.06. The molecule has 29 heavy (non-hydrogen) atoms. The van der Waals surface area contributed by atoms with E-state index < -0.39 is 23.1 Å². The molecule has 2 saturated heterocycles. The summed E-state index contributed by atoms with van der Waals surface area (Å²) in [6, 6.07) is 3.02. The molecule has 2 heterocycles. The van der Waals surface area contributed by atoms with Gasteiger partial charge in [-0.3, -0.25) is 9.59 Å². The molecule has 2 N–H and O–H groups in total. The molecule has 0 spiro atoms. The molecule has 0 aliphatic carbocycles. The highest BCUT2D eigenvalue weighted by molar-refractivity contribution is 5.94. The molecule has 0 unspecified atom stereocenters. The predicted octanol–water partition coefficient (Wildman–Crippen LogP) is 1.92. The number of benzene rings is 1. The van der Waals surface area contributed by atoms with Gasteiger partial charge in [0.2, 0.25) is 5.91 Å². The van der Waals surface area contributed by atoms with Crippen LogP contribution < -0.4 is 5.32 Å². The molecule has 3 rings (SSSR count). The summed E-state index contributed by atoms with van der Waals surface area (Å²) < 4.78 is 26.9. The van der Waals surface area contributed by atoms with E-state index in [1.807, 2.05) is 0 Å². The summed E-state index contributed by atoms with van der Waals surface area (Å²) in [4.78, 5) is 27.6. The summed E-state index contributed by atoms with van der Waals surface area (Å²) in [5, 5.41) is 14.0. The molecule has 8 heteroatoms. The van der Waals surface area contributed by atoms with Crippen molar-refractivity contribution >= 4 is 11.8 Å². The standard InChI is InChI=1S/C21H29F2N3O3/c1-15(27)24-19-3-8-25(9-4-19)14-21(29)5-2-7-26(10-6-21)20(28)16-11-17(22)13-18(23)12-16/h11-13,19,29H,2-10,14H2,1H3,(H,24,27)/t21-/m1/s1. The van der Waals surface area contributed by atoms with Crippen molar-refractivity contribution in [2.45, 2.75) is 50.7 Å². The molecule has 2 amide bonds. The number of aliphatic hydroxyl groups is 1. The van der Waals surface area contributed by atoms with Crippen molar-refractivity contribution in [3.8, 4) is 0 Å². The third-order valence-electron chi connectivity index (χ3n) is 5.83. The quantitative estimate of drug-likeness (QED) is 0.797. The molecule has 1 aromatic carbocycles. The first-order chi connectivity index (χ1) is 13.7. The fourth-order valence-electron chi connectivity index (χ4n) is 4.34. The van der Waals surface area contributed by atoms with Crippen LogP contribution in [0, 0.1) is 11.6 Å². The van der Waals surface area contributed by atoms with Gasteiger partial charge >= 0.3 is 0 Å². The number of amides is 2. The third kappa shape index (κ3) is 5.96. The molecular weight excluding hydrogens is 380 g/mol. The highest BCUT2D eigenvalue weighted by Gasteiger charge is 2.34. The molecule has 160 valence electrons. The Kier molecular flexibility index (Phi) is 6.85. The summed E-state index contributed by atoms with van der Waals surface area (Å²) in [6.07, 6.45) is 3.32. The molecule has 0 saturated carbocycles. The molecule has 0 aromatic heterocycles. The Labute approximate surface area is 169 Å². The van der Waals surface area contributed by atoms with Crippen LogP contribution in [0.2, 0.25) is 0 Å². The maximum atomic E-state index is 13.4. The van der Waals surface area contributed by atoms with E-state index in [9.17, 15) is 23.5 Å². The van der Waals surface area contributed by atoms with Gasteiger partial charge in [-0.15, -0.1) is 0 Å². The fraction of sp³-hybridized carbons (Fsp3) is 0.619. The van der Waals surface area contributed by atoms with E-state index in [0.717, 1.165) is 44.1 Å². The third-order valence-corrected chi connectivity index (χ3v) is 5.83. The van der Waals surface area contributed by atoms with E-state index in [1.54, 1.807) is 4.90 Å². The van der Waals surface area contributed by atoms with Crippen LogP contribution in [0.4, 0.5) is 8.78 Å². The van der Waals surface area contributed by atoms with Crippen LogP contribution in [0.3, 0.4) is 0 Å². The minimum atomic E-state index is -0.900. The molecule has 0 bridgehead atoms. The molecule has 1 aromatic rings. The van der Waals surface area contributed by atoms with Gasteiger partial charge in [0.15, 0.2) is 0 Å². The first-order valence-corrected chi connectivity index (χ1v) is 10.2. The number of nitrogens with one attached hydrogen (secondary N) is 1. The van der Waals surface area contributed by atoms with Crippen LogP contribution in [0.1, 0.15) is 49.4 Å². The van der Waals surface area contributed by atoms with Crippen LogP contribution in [-0.2, 0) is 4.79 Å². The van der Waals surface area contributed by atoms with E-state index in [4.69, 9.17) is 0 Å². The van der Waals surface area contributed by atoms with Gasteiger partial charge in [0.1, 0.15) is 11.6 Å². The SMILES string of the molecule is CC(=O)NC1CCN(C[C@@]2(O)CCCN(C(=O)c3cc(F)cc(F)c3)CC2)CC1. The first kappa shape index (κ1) is 21.6. The topological polar surface area (TPSA) is 72.9 Å². The van der Waals surface area contributed by atoms with E-state index in [-0.39, 0.29) is 17.5 Å². The Balaban J connectivity index is 1.55. The number of carbonyl (C=O) groups is 2. The second-order valence-corrected chi connectivity index (χ2v) is 8.28. The average Bonchev–Trinajstić information content (AvgIpc) is 2.83. The smallest absolute Gasteiger partial charge is 0.254 e. The van der Waals surface area contributed by atoms with E-state index in [0.29, 0.717) is 38.9 Å². The van der Waals surface area contributed by atoms with Gasteiger partial charge in [-0.2, -0.15) is 0 Å². The summed E-state index contributed by atoms with van der Waals surface area (Å²) in [6.45, 7) is 4.44. The lowest BCUT2D eigenvalue weighted by molar-refractivity contribution is -0.120. The summed E-state index contributed by atoms with van der Waals surface area (Å²) >= 11 is 0. The summed E-state index contributed by atoms with van der Waals surface area (Å²) in [5.41, 5.74) is -0.906. The number of likely N-dealkylation sites (tertiary alicyclic amines) is 2. The van der Waals surface area contributed by atoms with E-state index in [2.05, 4.69) is 10.2 Å². The van der Waals surface area contributed by atoms with Gasteiger partial charge in [0, 0.05) is 57.3 Å². The Morgan fingerprint density at radius 2 is 1.76 bits per heavy atom. The molecular formula is C21H29F2N3O3. The van der Waals surface area contributed by atoms with Crippen LogP contribution in [0.5, 0.6) is 0 Å². The van der Waals surface area contributed by atoms with Crippen molar-refractivity contribution in [1.82, 2.24) is 15.1 Å². The van der Waals surface area contributed by atoms with Gasteiger partial charge in [-0.1, -0.05) is 0 Å². The summed E-state index contributed by atoms with van der Waals surface area (Å²) in [5.74, 6) is -1.98. The van der Waals surface area contributed by atoms with Crippen molar-refractivity contribution in [3.63, 3.8) is 0 Å². The van der Waals surface area contributed by atoms with Gasteiger partial charge in [-0.25, -0.2) is 8.78 Å². The number of halogens is 2. The fourth-order valence-corrected chi connectivity index (χ4v) is 4.34. The van der Waals surface area contributed by atoms with Crippen LogP contribution >= 0.6 is 0 Å². The highest BCUT2D eigenvalue weighted by Crippen LogP contribution is 2.26. The van der Waals surface area contributed by atoms with Crippen molar-refractivity contribution in [1.29, 1.82) is 0 Å². The second kappa shape index (κ2) is 9.17. The highest BCUT2D eigenvalue weighted by atomic mass is 19.1. The van der Waals surface area contributed by atoms with Gasteiger partial charge in [-0.05, 0) is 44.2 Å². The van der Waals surface area contributed by atoms with Gasteiger partial charge in [0.25, 0.3) is 5.91 Å². The van der Waals surface area contributed by atoms with E-state index >= 15 is 0 Å². The van der Waals surface area contributed by atoms with Crippen molar-refractivity contribution in [3.05, 3.63) is 35.4 Å². The zero-order valence-electron chi connectivity index (χ0n) is 16.8. The molecule has 2 aliphatic rings. The van der Waals surface area contributed by atoms with Crippen molar-refractivity contribution in [2.75, 3.05) is 32.7 Å². The molecule has 0 radical (unpaired) electrons. The zero-order valence-corrected chi connectivity index (χ0v) is 16.8. The number of carbonyl (C=O) groups excluding carboxylic acids is 2. The lowest BCUT2D eigenvalue weighted by Gasteiger charge is -2.38. The summed E-state index contributed by atoms with van der Waals surface area (Å²) in [7, 11) is 0. The minimum Gasteiger partial charge on any atom is -0.388 e. The number of hydrogen-bond acceptors (Lipinski definition) is 4.